The molecule has 0 spiro atoms. The minimum atomic E-state index is -1.30. The second kappa shape index (κ2) is 7.38. The van der Waals surface area contributed by atoms with Gasteiger partial charge in [-0.2, -0.15) is 0 Å². The highest BCUT2D eigenvalue weighted by atomic mass is 29.9. The molecule has 4 heteroatoms. The van der Waals surface area contributed by atoms with Crippen molar-refractivity contribution < 1.29 is 0 Å². The molecule has 23 heavy (non-hydrogen) atoms. The van der Waals surface area contributed by atoms with Crippen LogP contribution in [0.4, 0.5) is 0 Å². The van der Waals surface area contributed by atoms with E-state index >= 15 is 0 Å². The zero-order valence-electron chi connectivity index (χ0n) is 17.0. The van der Waals surface area contributed by atoms with E-state index in [0.29, 0.717) is 0 Å². The van der Waals surface area contributed by atoms with Crippen LogP contribution in [0.3, 0.4) is 0 Å². The van der Waals surface area contributed by atoms with E-state index < -0.39 is 29.4 Å². The van der Waals surface area contributed by atoms with Gasteiger partial charge in [-0.1, -0.05) is 95.3 Å². The standard InChI is InChI=1S/C19H38Si4/c1-20(2,3)23(21(4,5)6,22(7,8)9)18-14-13-17-19-15-11-10-12-16-19/h10-12,14-16,18H,13,17H2,1-9H3/b18-14+. The number of hydrogen-bond donors (Lipinski definition) is 0. The van der Waals surface area contributed by atoms with E-state index in [1.807, 2.05) is 0 Å². The van der Waals surface area contributed by atoms with E-state index in [2.05, 4.69) is 101 Å². The van der Waals surface area contributed by atoms with Crippen LogP contribution in [0.25, 0.3) is 0 Å². The Labute approximate surface area is 148 Å². The van der Waals surface area contributed by atoms with Crippen molar-refractivity contribution in [3.8, 4) is 0 Å². The molecular weight excluding hydrogens is 341 g/mol. The van der Waals surface area contributed by atoms with Gasteiger partial charge < -0.3 is 0 Å². The number of hydrogen-bond acceptors (Lipinski definition) is 0. The predicted octanol–water partition coefficient (Wildman–Crippen LogP) is 6.41. The molecule has 0 aliphatic rings. The van der Waals surface area contributed by atoms with Crippen molar-refractivity contribution in [1.29, 1.82) is 0 Å². The van der Waals surface area contributed by atoms with Crippen LogP contribution in [0.2, 0.25) is 58.9 Å². The Morgan fingerprint density at radius 1 is 0.696 bits per heavy atom. The molecule has 0 heterocycles. The fourth-order valence-corrected chi connectivity index (χ4v) is 101. The maximum Gasteiger partial charge on any atom is 0.0593 e. The van der Waals surface area contributed by atoms with Crippen LogP contribution in [0.15, 0.2) is 42.1 Å². The Balaban J connectivity index is 3.09. The fourth-order valence-electron chi connectivity index (χ4n) is 5.28. The summed E-state index contributed by atoms with van der Waals surface area (Å²) in [5, 5.41) is 0. The van der Waals surface area contributed by atoms with Gasteiger partial charge in [0.05, 0.1) is 6.63 Å². The molecule has 0 bridgehead atoms. The molecule has 0 unspecified atom stereocenters. The largest absolute Gasteiger partial charge is 0.105 e. The molecule has 0 aliphatic heterocycles. The second-order valence-electron chi connectivity index (χ2n) is 9.98. The lowest BCUT2D eigenvalue weighted by Gasteiger charge is -2.56. The van der Waals surface area contributed by atoms with Crippen LogP contribution in [0.5, 0.6) is 0 Å². The van der Waals surface area contributed by atoms with Crippen LogP contribution < -0.4 is 0 Å². The minimum absolute atomic E-state index is 1.16. The summed E-state index contributed by atoms with van der Waals surface area (Å²) in [6.45, 7) is 22.7. The first-order chi connectivity index (χ1) is 10.3. The summed E-state index contributed by atoms with van der Waals surface area (Å²) < 4.78 is 0. The molecule has 0 saturated heterocycles. The third-order valence-electron chi connectivity index (χ3n) is 5.36. The predicted molar refractivity (Wildman–Crippen MR) is 120 cm³/mol. The van der Waals surface area contributed by atoms with E-state index in [-0.39, 0.29) is 0 Å². The lowest BCUT2D eigenvalue weighted by Crippen LogP contribution is -2.81. The lowest BCUT2D eigenvalue weighted by molar-refractivity contribution is 1.00. The van der Waals surface area contributed by atoms with Crippen LogP contribution in [0.1, 0.15) is 12.0 Å². The minimum Gasteiger partial charge on any atom is -0.105 e. The quantitative estimate of drug-likeness (QED) is 0.481. The molecule has 0 fully saturated rings. The summed E-state index contributed by atoms with van der Waals surface area (Å²) >= 11 is 0. The Kier molecular flexibility index (Phi) is 6.69. The summed E-state index contributed by atoms with van der Waals surface area (Å²) in [6.07, 6.45) is 4.98. The number of aryl methyl sites for hydroxylation is 1. The molecule has 0 atom stereocenters. The molecule has 130 valence electrons. The number of allylic oxidation sites excluding steroid dienone is 1. The number of rotatable bonds is 7. The first kappa shape index (κ1) is 20.9. The van der Waals surface area contributed by atoms with Crippen molar-refractivity contribution in [1.82, 2.24) is 0 Å². The van der Waals surface area contributed by atoms with E-state index in [1.54, 1.807) is 0 Å². The zero-order chi connectivity index (χ0) is 17.9. The van der Waals surface area contributed by atoms with Gasteiger partial charge in [0, 0.05) is 22.8 Å². The molecule has 0 N–H and O–H groups in total. The maximum absolute atomic E-state index is 2.86. The van der Waals surface area contributed by atoms with Crippen molar-refractivity contribution in [2.24, 2.45) is 0 Å². The van der Waals surface area contributed by atoms with Gasteiger partial charge >= 0.3 is 0 Å². The average Bonchev–Trinajstić information content (AvgIpc) is 2.35. The Morgan fingerprint density at radius 3 is 1.52 bits per heavy atom. The van der Waals surface area contributed by atoms with Gasteiger partial charge in [-0.25, -0.2) is 0 Å². The molecule has 1 aromatic carbocycles. The summed E-state index contributed by atoms with van der Waals surface area (Å²) in [7, 11) is -3.48. The topological polar surface area (TPSA) is 0 Å². The Morgan fingerprint density at radius 2 is 1.13 bits per heavy atom. The van der Waals surface area contributed by atoms with Gasteiger partial charge in [-0.05, 0) is 18.4 Å². The fraction of sp³-hybridized carbons (Fsp3) is 0.579. The smallest absolute Gasteiger partial charge is 0.0593 e. The first-order valence-electron chi connectivity index (χ1n) is 9.04. The highest BCUT2D eigenvalue weighted by Crippen LogP contribution is 2.38. The van der Waals surface area contributed by atoms with Gasteiger partial charge in [0.15, 0.2) is 0 Å². The summed E-state index contributed by atoms with van der Waals surface area (Å²) in [6, 6.07) is 10.9. The average molecular weight is 379 g/mol. The van der Waals surface area contributed by atoms with Crippen LogP contribution in [-0.2, 0) is 6.42 Å². The van der Waals surface area contributed by atoms with Crippen LogP contribution in [0, 0.1) is 0 Å². The molecule has 0 aliphatic carbocycles. The first-order valence-corrected chi connectivity index (χ1v) is 24.6. The molecule has 1 rings (SSSR count). The molecule has 0 saturated carbocycles. The van der Waals surface area contributed by atoms with Crippen LogP contribution in [-0.4, -0.2) is 29.4 Å². The Bertz CT molecular complexity index is 477. The monoisotopic (exact) mass is 378 g/mol. The summed E-state index contributed by atoms with van der Waals surface area (Å²) in [4.78, 5) is 0. The van der Waals surface area contributed by atoms with Gasteiger partial charge in [0.2, 0.25) is 0 Å². The normalized spacial score (nSPS) is 14.5. The van der Waals surface area contributed by atoms with Gasteiger partial charge in [-0.15, -0.1) is 5.70 Å². The molecule has 1 aromatic rings. The van der Waals surface area contributed by atoms with E-state index in [1.165, 1.54) is 18.4 Å². The van der Waals surface area contributed by atoms with Crippen molar-refractivity contribution in [2.45, 2.75) is 71.8 Å². The van der Waals surface area contributed by atoms with Crippen LogP contribution >= 0.6 is 0 Å². The molecule has 0 radical (unpaired) electrons. The summed E-state index contributed by atoms with van der Waals surface area (Å²) in [5.41, 5.74) is 4.33. The van der Waals surface area contributed by atoms with E-state index in [0.717, 1.165) is 0 Å². The zero-order valence-corrected chi connectivity index (χ0v) is 21.0. The van der Waals surface area contributed by atoms with Crippen molar-refractivity contribution in [3.63, 3.8) is 0 Å². The van der Waals surface area contributed by atoms with Gasteiger partial charge in [-0.3, -0.25) is 0 Å². The Hall–Kier alpha value is -0.172. The van der Waals surface area contributed by atoms with Crippen molar-refractivity contribution >= 4 is 29.4 Å². The lowest BCUT2D eigenvalue weighted by atomic mass is 10.1. The summed E-state index contributed by atoms with van der Waals surface area (Å²) in [5.74, 6) is 0. The molecular formula is C19H38Si4. The van der Waals surface area contributed by atoms with Gasteiger partial charge in [0.1, 0.15) is 0 Å². The second-order valence-corrected chi connectivity index (χ2v) is 50.5. The molecule has 0 amide bonds. The number of benzene rings is 1. The SMILES string of the molecule is C[Si](C)(C)[Si](/C=C/CCc1ccccc1)([Si](C)(C)C)[Si](C)(C)C. The third-order valence-corrected chi connectivity index (χ3v) is 76.5. The maximum atomic E-state index is 2.86. The van der Waals surface area contributed by atoms with Crippen molar-refractivity contribution in [2.75, 3.05) is 0 Å². The highest BCUT2D eigenvalue weighted by Gasteiger charge is 2.59. The van der Waals surface area contributed by atoms with Crippen molar-refractivity contribution in [3.05, 3.63) is 47.7 Å². The van der Waals surface area contributed by atoms with Gasteiger partial charge in [0.25, 0.3) is 0 Å². The highest BCUT2D eigenvalue weighted by molar-refractivity contribution is 7.90. The third kappa shape index (κ3) is 4.68. The molecule has 0 nitrogen and oxygen atoms in total. The van der Waals surface area contributed by atoms with E-state index in [4.69, 9.17) is 0 Å². The van der Waals surface area contributed by atoms with E-state index in [9.17, 15) is 0 Å². The molecule has 0 aromatic heterocycles.